The number of aromatic nitrogens is 1. The average Bonchev–Trinajstić information content (AvgIpc) is 2.97. The highest BCUT2D eigenvalue weighted by Gasteiger charge is 2.42. The molecule has 5 nitrogen and oxygen atoms in total. The first kappa shape index (κ1) is 20.1. The quantitative estimate of drug-likeness (QED) is 0.779. The van der Waals surface area contributed by atoms with Gasteiger partial charge in [0.1, 0.15) is 5.92 Å². The SMILES string of the molecule is CC(C)c1cccc(C(C)C)c1NC(=O)C1CC(c2cccnc2)N(C)C1=O. The Hall–Kier alpha value is -2.69. The summed E-state index contributed by atoms with van der Waals surface area (Å²) in [6, 6.07) is 9.82. The van der Waals surface area contributed by atoms with Crippen molar-refractivity contribution in [3.63, 3.8) is 0 Å². The fraction of sp³-hybridized carbons (Fsp3) is 0.435. The van der Waals surface area contributed by atoms with Gasteiger partial charge in [-0.05, 0) is 41.0 Å². The van der Waals surface area contributed by atoms with Gasteiger partial charge in [0.15, 0.2) is 0 Å². The predicted octanol–water partition coefficient (Wildman–Crippen LogP) is 4.49. The number of carbonyl (C=O) groups excluding carboxylic acids is 2. The molecule has 1 aromatic carbocycles. The number of likely N-dealkylation sites (tertiary alicyclic amines) is 1. The minimum absolute atomic E-state index is 0.123. The summed E-state index contributed by atoms with van der Waals surface area (Å²) in [6.07, 6.45) is 3.94. The molecule has 5 heteroatoms. The zero-order chi connectivity index (χ0) is 20.4. The lowest BCUT2D eigenvalue weighted by Crippen LogP contribution is -2.32. The Kier molecular flexibility index (Phi) is 5.82. The fourth-order valence-corrected chi connectivity index (χ4v) is 3.94. The standard InChI is InChI=1S/C23H29N3O2/c1-14(2)17-9-6-10-18(15(3)4)21(17)25-22(27)19-12-20(26(5)23(19)28)16-8-7-11-24-13-16/h6-11,13-15,19-20H,12H2,1-5H3,(H,25,27). The molecule has 148 valence electrons. The smallest absolute Gasteiger partial charge is 0.237 e. The lowest BCUT2D eigenvalue weighted by Gasteiger charge is -2.21. The van der Waals surface area contributed by atoms with Gasteiger partial charge in [-0.3, -0.25) is 14.6 Å². The molecule has 2 aromatic rings. The van der Waals surface area contributed by atoms with E-state index in [9.17, 15) is 9.59 Å². The summed E-state index contributed by atoms with van der Waals surface area (Å²) in [7, 11) is 1.76. The van der Waals surface area contributed by atoms with Gasteiger partial charge in [-0.15, -0.1) is 0 Å². The molecule has 1 saturated heterocycles. The van der Waals surface area contributed by atoms with Gasteiger partial charge >= 0.3 is 0 Å². The van der Waals surface area contributed by atoms with E-state index < -0.39 is 5.92 Å². The second kappa shape index (κ2) is 8.13. The van der Waals surface area contributed by atoms with Crippen LogP contribution in [-0.4, -0.2) is 28.7 Å². The number of pyridine rings is 1. The number of benzene rings is 1. The van der Waals surface area contributed by atoms with E-state index in [2.05, 4.69) is 38.0 Å². The average molecular weight is 380 g/mol. The van der Waals surface area contributed by atoms with Crippen molar-refractivity contribution < 1.29 is 9.59 Å². The second-order valence-corrected chi connectivity index (χ2v) is 8.15. The van der Waals surface area contributed by atoms with Gasteiger partial charge in [0.25, 0.3) is 0 Å². The molecule has 2 heterocycles. The van der Waals surface area contributed by atoms with Crippen molar-refractivity contribution in [3.8, 4) is 0 Å². The molecule has 0 radical (unpaired) electrons. The molecule has 1 aliphatic rings. The molecule has 1 aliphatic heterocycles. The van der Waals surface area contributed by atoms with E-state index in [0.717, 1.165) is 22.4 Å². The molecule has 3 rings (SSSR count). The number of rotatable bonds is 5. The highest BCUT2D eigenvalue weighted by atomic mass is 16.2. The van der Waals surface area contributed by atoms with Crippen LogP contribution in [-0.2, 0) is 9.59 Å². The molecule has 0 bridgehead atoms. The maximum absolute atomic E-state index is 13.1. The van der Waals surface area contributed by atoms with E-state index >= 15 is 0 Å². The van der Waals surface area contributed by atoms with E-state index in [1.165, 1.54) is 0 Å². The van der Waals surface area contributed by atoms with Crippen LogP contribution in [0.5, 0.6) is 0 Å². The lowest BCUT2D eigenvalue weighted by atomic mass is 9.92. The zero-order valence-electron chi connectivity index (χ0n) is 17.3. The van der Waals surface area contributed by atoms with Gasteiger partial charge in [-0.2, -0.15) is 0 Å². The molecule has 0 saturated carbocycles. The first-order valence-electron chi connectivity index (χ1n) is 9.91. The maximum atomic E-state index is 13.1. The molecule has 2 unspecified atom stereocenters. The minimum atomic E-state index is -0.685. The Morgan fingerprint density at radius 1 is 1.11 bits per heavy atom. The molecule has 28 heavy (non-hydrogen) atoms. The van der Waals surface area contributed by atoms with Crippen LogP contribution in [0, 0.1) is 5.92 Å². The van der Waals surface area contributed by atoms with Crippen molar-refractivity contribution in [2.45, 2.75) is 52.0 Å². The Morgan fingerprint density at radius 3 is 2.29 bits per heavy atom. The highest BCUT2D eigenvalue weighted by Crippen LogP contribution is 2.37. The Morgan fingerprint density at radius 2 is 1.75 bits per heavy atom. The number of nitrogens with one attached hydrogen (secondary N) is 1. The van der Waals surface area contributed by atoms with Gasteiger partial charge < -0.3 is 10.2 Å². The maximum Gasteiger partial charge on any atom is 0.237 e. The van der Waals surface area contributed by atoms with Crippen LogP contribution < -0.4 is 5.32 Å². The molecule has 1 fully saturated rings. The summed E-state index contributed by atoms with van der Waals surface area (Å²) >= 11 is 0. The van der Waals surface area contributed by atoms with Crippen LogP contribution in [0.4, 0.5) is 5.69 Å². The number of carbonyl (C=O) groups is 2. The Balaban J connectivity index is 1.87. The van der Waals surface area contributed by atoms with Gasteiger partial charge in [-0.25, -0.2) is 0 Å². The molecule has 0 aliphatic carbocycles. The van der Waals surface area contributed by atoms with E-state index in [1.807, 2.05) is 30.3 Å². The number of amides is 2. The van der Waals surface area contributed by atoms with Crippen LogP contribution in [0.1, 0.15) is 68.7 Å². The summed E-state index contributed by atoms with van der Waals surface area (Å²) in [5.74, 6) is -0.494. The third-order valence-electron chi connectivity index (χ3n) is 5.58. The van der Waals surface area contributed by atoms with Crippen molar-refractivity contribution in [2.75, 3.05) is 12.4 Å². The first-order chi connectivity index (χ1) is 13.3. The summed E-state index contributed by atoms with van der Waals surface area (Å²) in [5, 5.41) is 3.10. The number of hydrogen-bond acceptors (Lipinski definition) is 3. The van der Waals surface area contributed by atoms with E-state index in [4.69, 9.17) is 0 Å². The third-order valence-corrected chi connectivity index (χ3v) is 5.58. The zero-order valence-corrected chi connectivity index (χ0v) is 17.3. The van der Waals surface area contributed by atoms with Crippen molar-refractivity contribution in [1.82, 2.24) is 9.88 Å². The van der Waals surface area contributed by atoms with Gasteiger partial charge in [0, 0.05) is 25.1 Å². The van der Waals surface area contributed by atoms with Crippen LogP contribution in [0.15, 0.2) is 42.7 Å². The van der Waals surface area contributed by atoms with Crippen LogP contribution in [0.25, 0.3) is 0 Å². The van der Waals surface area contributed by atoms with Crippen molar-refractivity contribution >= 4 is 17.5 Å². The number of nitrogens with zero attached hydrogens (tertiary/aromatic N) is 2. The molecule has 0 spiro atoms. The van der Waals surface area contributed by atoms with Crippen LogP contribution >= 0.6 is 0 Å². The summed E-state index contributed by atoms with van der Waals surface area (Å²) < 4.78 is 0. The first-order valence-corrected chi connectivity index (χ1v) is 9.91. The molecule has 2 amide bonds. The molecule has 1 aromatic heterocycles. The second-order valence-electron chi connectivity index (χ2n) is 8.15. The molecule has 1 N–H and O–H groups in total. The third kappa shape index (κ3) is 3.79. The fourth-order valence-electron chi connectivity index (χ4n) is 3.94. The summed E-state index contributed by atoms with van der Waals surface area (Å²) in [4.78, 5) is 31.7. The number of anilines is 1. The molecular formula is C23H29N3O2. The van der Waals surface area contributed by atoms with Crippen molar-refractivity contribution in [1.29, 1.82) is 0 Å². The van der Waals surface area contributed by atoms with E-state index in [1.54, 1.807) is 24.3 Å². The van der Waals surface area contributed by atoms with Crippen molar-refractivity contribution in [2.24, 2.45) is 5.92 Å². The van der Waals surface area contributed by atoms with Gasteiger partial charge in [0.2, 0.25) is 11.8 Å². The van der Waals surface area contributed by atoms with Gasteiger partial charge in [0.05, 0.1) is 6.04 Å². The molecular weight excluding hydrogens is 350 g/mol. The topological polar surface area (TPSA) is 62.3 Å². The van der Waals surface area contributed by atoms with Gasteiger partial charge in [-0.1, -0.05) is 52.0 Å². The predicted molar refractivity (Wildman–Crippen MR) is 111 cm³/mol. The Labute approximate surface area is 167 Å². The van der Waals surface area contributed by atoms with Crippen LogP contribution in [0.3, 0.4) is 0 Å². The summed E-state index contributed by atoms with van der Waals surface area (Å²) in [6.45, 7) is 8.45. The number of para-hydroxylation sites is 1. The lowest BCUT2D eigenvalue weighted by molar-refractivity contribution is -0.135. The van der Waals surface area contributed by atoms with E-state index in [-0.39, 0.29) is 29.7 Å². The summed E-state index contributed by atoms with van der Waals surface area (Å²) in [5.41, 5.74) is 4.02. The highest BCUT2D eigenvalue weighted by molar-refractivity contribution is 6.08. The monoisotopic (exact) mass is 379 g/mol. The molecule has 2 atom stereocenters. The number of hydrogen-bond donors (Lipinski definition) is 1. The van der Waals surface area contributed by atoms with E-state index in [0.29, 0.717) is 6.42 Å². The normalized spacial score (nSPS) is 19.5. The largest absolute Gasteiger partial charge is 0.338 e. The van der Waals surface area contributed by atoms with Crippen molar-refractivity contribution in [3.05, 3.63) is 59.4 Å². The Bertz CT molecular complexity index is 835. The minimum Gasteiger partial charge on any atom is -0.338 e. The van der Waals surface area contributed by atoms with Crippen LogP contribution in [0.2, 0.25) is 0 Å².